The largest absolute Gasteiger partial charge is 0.481 e. The van der Waals surface area contributed by atoms with E-state index in [1.54, 1.807) is 23.1 Å². The van der Waals surface area contributed by atoms with Crippen molar-refractivity contribution in [3.63, 3.8) is 0 Å². The molecule has 6 nitrogen and oxygen atoms in total. The average molecular weight is 332 g/mol. The Bertz CT molecular complexity index is 654. The Balaban J connectivity index is 2.03. The van der Waals surface area contributed by atoms with Gasteiger partial charge in [0.1, 0.15) is 0 Å². The number of hydrogen-bond acceptors (Lipinski definition) is 3. The van der Waals surface area contributed by atoms with Crippen molar-refractivity contribution in [3.05, 3.63) is 29.3 Å². The second-order valence-corrected chi connectivity index (χ2v) is 6.64. The summed E-state index contributed by atoms with van der Waals surface area (Å²) in [6.45, 7) is 6.18. The Morgan fingerprint density at radius 1 is 1.29 bits per heavy atom. The molecule has 0 radical (unpaired) electrons. The van der Waals surface area contributed by atoms with Crippen molar-refractivity contribution in [2.45, 2.75) is 33.6 Å². The molecule has 0 saturated heterocycles. The second-order valence-electron chi connectivity index (χ2n) is 6.64. The zero-order valence-electron chi connectivity index (χ0n) is 14.3. The molecule has 0 spiro atoms. The van der Waals surface area contributed by atoms with Gasteiger partial charge < -0.3 is 15.3 Å². The van der Waals surface area contributed by atoms with Gasteiger partial charge in [0.05, 0.1) is 5.92 Å². The molecule has 0 saturated carbocycles. The zero-order chi connectivity index (χ0) is 17.9. The standard InChI is InChI=1S/C18H24N2O4/c1-11(2)8-15(18(23)24)10-19-17(22)14-4-5-16-13(9-14)6-7-20(16)12(3)21/h4-5,9,11,15H,6-8,10H2,1-3H3,(H,19,22)(H,23,24). The van der Waals surface area contributed by atoms with Crippen LogP contribution in [-0.4, -0.2) is 36.0 Å². The van der Waals surface area contributed by atoms with E-state index in [2.05, 4.69) is 5.32 Å². The normalized spacial score (nSPS) is 14.4. The zero-order valence-corrected chi connectivity index (χ0v) is 14.3. The lowest BCUT2D eigenvalue weighted by Gasteiger charge is -2.16. The second kappa shape index (κ2) is 7.47. The van der Waals surface area contributed by atoms with E-state index < -0.39 is 11.9 Å². The van der Waals surface area contributed by atoms with E-state index in [4.69, 9.17) is 0 Å². The summed E-state index contributed by atoms with van der Waals surface area (Å²) in [5.74, 6) is -1.52. The lowest BCUT2D eigenvalue weighted by Crippen LogP contribution is -2.33. The number of nitrogens with one attached hydrogen (secondary N) is 1. The minimum Gasteiger partial charge on any atom is -0.481 e. The van der Waals surface area contributed by atoms with Gasteiger partial charge in [-0.15, -0.1) is 0 Å². The molecule has 24 heavy (non-hydrogen) atoms. The maximum Gasteiger partial charge on any atom is 0.308 e. The average Bonchev–Trinajstić information content (AvgIpc) is 2.93. The highest BCUT2D eigenvalue weighted by molar-refractivity contribution is 5.98. The highest BCUT2D eigenvalue weighted by Crippen LogP contribution is 2.28. The number of benzene rings is 1. The van der Waals surface area contributed by atoms with Crippen molar-refractivity contribution >= 4 is 23.5 Å². The smallest absolute Gasteiger partial charge is 0.308 e. The van der Waals surface area contributed by atoms with Gasteiger partial charge in [0, 0.05) is 31.3 Å². The number of hydrogen-bond donors (Lipinski definition) is 2. The van der Waals surface area contributed by atoms with Crippen molar-refractivity contribution in [1.29, 1.82) is 0 Å². The molecule has 1 aliphatic heterocycles. The maximum absolute atomic E-state index is 12.3. The molecule has 2 N–H and O–H groups in total. The molecule has 2 rings (SSSR count). The third-order valence-electron chi connectivity index (χ3n) is 4.23. The fraction of sp³-hybridized carbons (Fsp3) is 0.500. The summed E-state index contributed by atoms with van der Waals surface area (Å²) in [4.78, 5) is 36.8. The predicted molar refractivity (Wildman–Crippen MR) is 91.1 cm³/mol. The van der Waals surface area contributed by atoms with Crippen molar-refractivity contribution < 1.29 is 19.5 Å². The maximum atomic E-state index is 12.3. The van der Waals surface area contributed by atoms with Gasteiger partial charge in [-0.3, -0.25) is 14.4 Å². The fourth-order valence-electron chi connectivity index (χ4n) is 3.03. The number of carbonyl (C=O) groups is 3. The third kappa shape index (κ3) is 4.13. The van der Waals surface area contributed by atoms with Gasteiger partial charge in [-0.1, -0.05) is 13.8 Å². The summed E-state index contributed by atoms with van der Waals surface area (Å²) in [7, 11) is 0. The number of anilines is 1. The van der Waals surface area contributed by atoms with Gasteiger partial charge >= 0.3 is 5.97 Å². The lowest BCUT2D eigenvalue weighted by molar-refractivity contribution is -0.142. The third-order valence-corrected chi connectivity index (χ3v) is 4.23. The Labute approximate surface area is 141 Å². The highest BCUT2D eigenvalue weighted by atomic mass is 16.4. The van der Waals surface area contributed by atoms with Crippen molar-refractivity contribution in [3.8, 4) is 0 Å². The number of nitrogens with zero attached hydrogens (tertiary/aromatic N) is 1. The fourth-order valence-corrected chi connectivity index (χ4v) is 3.03. The van der Waals surface area contributed by atoms with E-state index in [1.165, 1.54) is 6.92 Å². The number of rotatable bonds is 6. The first-order valence-corrected chi connectivity index (χ1v) is 8.21. The topological polar surface area (TPSA) is 86.7 Å². The van der Waals surface area contributed by atoms with Crippen LogP contribution >= 0.6 is 0 Å². The van der Waals surface area contributed by atoms with Crippen LogP contribution in [0.1, 0.15) is 43.1 Å². The van der Waals surface area contributed by atoms with Crippen LogP contribution in [-0.2, 0) is 16.0 Å². The Morgan fingerprint density at radius 3 is 2.58 bits per heavy atom. The molecule has 0 fully saturated rings. The molecular formula is C18H24N2O4. The van der Waals surface area contributed by atoms with Crippen LogP contribution in [0.3, 0.4) is 0 Å². The quantitative estimate of drug-likeness (QED) is 0.835. The number of aliphatic carboxylic acids is 1. The van der Waals surface area contributed by atoms with Gasteiger partial charge in [0.25, 0.3) is 5.91 Å². The van der Waals surface area contributed by atoms with Gasteiger partial charge in [-0.05, 0) is 42.5 Å². The summed E-state index contributed by atoms with van der Waals surface area (Å²) in [6, 6.07) is 5.24. The molecule has 1 aliphatic rings. The first-order valence-electron chi connectivity index (χ1n) is 8.21. The molecule has 2 amide bonds. The monoisotopic (exact) mass is 332 g/mol. The molecular weight excluding hydrogens is 308 g/mol. The van der Waals surface area contributed by atoms with E-state index in [0.29, 0.717) is 18.5 Å². The van der Waals surface area contributed by atoms with Crippen LogP contribution in [0.4, 0.5) is 5.69 Å². The van der Waals surface area contributed by atoms with Crippen LogP contribution in [0.2, 0.25) is 0 Å². The number of carboxylic acid groups (broad SMARTS) is 1. The Morgan fingerprint density at radius 2 is 2.00 bits per heavy atom. The molecule has 130 valence electrons. The summed E-state index contributed by atoms with van der Waals surface area (Å²) >= 11 is 0. The highest BCUT2D eigenvalue weighted by Gasteiger charge is 2.24. The van der Waals surface area contributed by atoms with E-state index in [-0.39, 0.29) is 24.3 Å². The summed E-state index contributed by atoms with van der Waals surface area (Å²) in [6.07, 6.45) is 1.24. The first kappa shape index (κ1) is 18.0. The van der Waals surface area contributed by atoms with Crippen molar-refractivity contribution in [1.82, 2.24) is 5.32 Å². The van der Waals surface area contributed by atoms with Crippen LogP contribution in [0.15, 0.2) is 18.2 Å². The molecule has 1 aromatic rings. The Kier molecular flexibility index (Phi) is 5.59. The van der Waals surface area contributed by atoms with Crippen molar-refractivity contribution in [2.75, 3.05) is 18.0 Å². The minimum absolute atomic E-state index is 0.0102. The molecule has 1 atom stereocenters. The predicted octanol–water partition coefficient (Wildman–Crippen LogP) is 2.07. The van der Waals surface area contributed by atoms with Crippen LogP contribution < -0.4 is 10.2 Å². The number of carbonyl (C=O) groups excluding carboxylic acids is 2. The summed E-state index contributed by atoms with van der Waals surface area (Å²) in [5, 5.41) is 11.9. The molecule has 1 heterocycles. The van der Waals surface area contributed by atoms with Crippen LogP contribution in [0.25, 0.3) is 0 Å². The first-order chi connectivity index (χ1) is 11.3. The molecule has 0 bridgehead atoms. The van der Waals surface area contributed by atoms with Gasteiger partial charge in [0.15, 0.2) is 0 Å². The summed E-state index contributed by atoms with van der Waals surface area (Å²) in [5.41, 5.74) is 2.31. The Hall–Kier alpha value is -2.37. The number of amides is 2. The SMILES string of the molecule is CC(=O)N1CCc2cc(C(=O)NCC(CC(C)C)C(=O)O)ccc21. The van der Waals surface area contributed by atoms with E-state index >= 15 is 0 Å². The van der Waals surface area contributed by atoms with Gasteiger partial charge in [-0.25, -0.2) is 0 Å². The van der Waals surface area contributed by atoms with E-state index in [1.807, 2.05) is 13.8 Å². The molecule has 0 aliphatic carbocycles. The van der Waals surface area contributed by atoms with Crippen LogP contribution in [0, 0.1) is 11.8 Å². The van der Waals surface area contributed by atoms with Gasteiger partial charge in [0.2, 0.25) is 5.91 Å². The molecule has 6 heteroatoms. The lowest BCUT2D eigenvalue weighted by atomic mass is 9.97. The number of carboxylic acids is 1. The minimum atomic E-state index is -0.893. The van der Waals surface area contributed by atoms with E-state index in [9.17, 15) is 19.5 Å². The molecule has 0 aromatic heterocycles. The number of fused-ring (bicyclic) bond motifs is 1. The molecule has 1 aromatic carbocycles. The van der Waals surface area contributed by atoms with Crippen LogP contribution in [0.5, 0.6) is 0 Å². The van der Waals surface area contributed by atoms with Gasteiger partial charge in [-0.2, -0.15) is 0 Å². The summed E-state index contributed by atoms with van der Waals surface area (Å²) < 4.78 is 0. The molecule has 1 unspecified atom stereocenters. The van der Waals surface area contributed by atoms with Crippen molar-refractivity contribution in [2.24, 2.45) is 11.8 Å². The van der Waals surface area contributed by atoms with E-state index in [0.717, 1.165) is 17.7 Å².